The van der Waals surface area contributed by atoms with Crippen molar-refractivity contribution in [3.8, 4) is 0 Å². The normalized spacial score (nSPS) is 9.36. The Morgan fingerprint density at radius 1 is 1.55 bits per heavy atom. The minimum atomic E-state index is -0.685. The van der Waals surface area contributed by atoms with Crippen LogP contribution < -0.4 is 0 Å². The molecule has 0 saturated heterocycles. The summed E-state index contributed by atoms with van der Waals surface area (Å²) in [6.07, 6.45) is 1.23. The zero-order chi connectivity index (χ0) is 8.85. The maximum Gasteiger partial charge on any atom is 0.337 e. The lowest BCUT2D eigenvalue weighted by molar-refractivity contribution is -0.156. The molecular weight excluding hydrogens is 144 g/mol. The van der Waals surface area contributed by atoms with Crippen LogP contribution in [0, 0.1) is 5.92 Å². The second-order valence-corrected chi connectivity index (χ2v) is 2.60. The summed E-state index contributed by atoms with van der Waals surface area (Å²) in [7, 11) is 0. The largest absolute Gasteiger partial charge is 0.390 e. The molecule has 11 heavy (non-hydrogen) atoms. The van der Waals surface area contributed by atoms with Gasteiger partial charge in [-0.3, -0.25) is 4.79 Å². The van der Waals surface area contributed by atoms with E-state index >= 15 is 0 Å². The number of carbonyl (C=O) groups is 2. The van der Waals surface area contributed by atoms with E-state index in [0.29, 0.717) is 0 Å². The average Bonchev–Trinajstić information content (AvgIpc) is 1.85. The van der Waals surface area contributed by atoms with Crippen LogP contribution in [0.5, 0.6) is 0 Å². The fourth-order valence-electron chi connectivity index (χ4n) is 0.529. The quantitative estimate of drug-likeness (QED) is 0.351. The first-order valence-electron chi connectivity index (χ1n) is 3.43. The van der Waals surface area contributed by atoms with Gasteiger partial charge in [0.15, 0.2) is 0 Å². The summed E-state index contributed by atoms with van der Waals surface area (Å²) in [5.74, 6) is -0.972. The van der Waals surface area contributed by atoms with E-state index in [4.69, 9.17) is 0 Å². The van der Waals surface area contributed by atoms with Crippen LogP contribution in [0.4, 0.5) is 0 Å². The molecule has 0 aromatic rings. The van der Waals surface area contributed by atoms with Crippen molar-refractivity contribution in [3.05, 3.63) is 12.7 Å². The molecule has 3 nitrogen and oxygen atoms in total. The van der Waals surface area contributed by atoms with Crippen molar-refractivity contribution >= 4 is 11.9 Å². The smallest absolute Gasteiger partial charge is 0.337 e. The molecule has 0 aromatic carbocycles. The molecule has 0 amide bonds. The first-order chi connectivity index (χ1) is 5.06. The van der Waals surface area contributed by atoms with Gasteiger partial charge in [0, 0.05) is 12.5 Å². The molecule has 0 atom stereocenters. The number of carbonyl (C=O) groups excluding carboxylic acids is 2. The third kappa shape index (κ3) is 5.33. The van der Waals surface area contributed by atoms with E-state index in [-0.39, 0.29) is 12.3 Å². The molecule has 0 bridgehead atoms. The molecule has 62 valence electrons. The van der Waals surface area contributed by atoms with Crippen molar-refractivity contribution in [2.24, 2.45) is 5.92 Å². The number of rotatable bonds is 3. The van der Waals surface area contributed by atoms with Gasteiger partial charge in [0.25, 0.3) is 0 Å². The fraction of sp³-hybridized carbons (Fsp3) is 0.500. The van der Waals surface area contributed by atoms with Crippen molar-refractivity contribution in [2.45, 2.75) is 20.3 Å². The summed E-state index contributed by atoms with van der Waals surface area (Å²) in [6.45, 7) is 6.92. The molecule has 0 aliphatic heterocycles. The van der Waals surface area contributed by atoms with Gasteiger partial charge in [-0.25, -0.2) is 4.79 Å². The first kappa shape index (κ1) is 9.88. The first-order valence-corrected chi connectivity index (χ1v) is 3.43. The van der Waals surface area contributed by atoms with E-state index < -0.39 is 11.9 Å². The Kier molecular flexibility index (Phi) is 4.18. The molecule has 0 saturated carbocycles. The Bertz CT molecular complexity index is 170. The van der Waals surface area contributed by atoms with Crippen molar-refractivity contribution < 1.29 is 14.3 Å². The standard InChI is InChI=1S/C8H12O3/c1-4-7(9)11-8(10)5-6(2)3/h4,6H,1,5H2,2-3H3. The Morgan fingerprint density at radius 2 is 2.09 bits per heavy atom. The van der Waals surface area contributed by atoms with Gasteiger partial charge in [-0.1, -0.05) is 20.4 Å². The van der Waals surface area contributed by atoms with Crippen LogP contribution in [-0.2, 0) is 14.3 Å². The highest BCUT2D eigenvalue weighted by atomic mass is 16.6. The third-order valence-electron chi connectivity index (χ3n) is 0.956. The molecule has 0 heterocycles. The predicted molar refractivity (Wildman–Crippen MR) is 40.8 cm³/mol. The van der Waals surface area contributed by atoms with Crippen molar-refractivity contribution in [1.82, 2.24) is 0 Å². The van der Waals surface area contributed by atoms with Crippen LogP contribution in [0.3, 0.4) is 0 Å². The minimum absolute atomic E-state index is 0.208. The maximum atomic E-state index is 10.7. The van der Waals surface area contributed by atoms with Crippen LogP contribution in [-0.4, -0.2) is 11.9 Å². The zero-order valence-corrected chi connectivity index (χ0v) is 6.79. The van der Waals surface area contributed by atoms with E-state index in [1.54, 1.807) is 0 Å². The maximum absolute atomic E-state index is 10.7. The van der Waals surface area contributed by atoms with Crippen LogP contribution in [0.2, 0.25) is 0 Å². The summed E-state index contributed by atoms with van der Waals surface area (Å²) in [4.78, 5) is 21.2. The Balaban J connectivity index is 3.69. The molecule has 0 radical (unpaired) electrons. The van der Waals surface area contributed by atoms with Gasteiger partial charge >= 0.3 is 11.9 Å². The SMILES string of the molecule is C=CC(=O)OC(=O)CC(C)C. The third-order valence-corrected chi connectivity index (χ3v) is 0.956. The number of hydrogen-bond acceptors (Lipinski definition) is 3. The van der Waals surface area contributed by atoms with Gasteiger partial charge in [0.2, 0.25) is 0 Å². The lowest BCUT2D eigenvalue weighted by atomic mass is 10.1. The highest BCUT2D eigenvalue weighted by Crippen LogP contribution is 2.00. The second-order valence-electron chi connectivity index (χ2n) is 2.60. The van der Waals surface area contributed by atoms with Gasteiger partial charge in [-0.2, -0.15) is 0 Å². The van der Waals surface area contributed by atoms with Gasteiger partial charge in [0.05, 0.1) is 0 Å². The fourth-order valence-corrected chi connectivity index (χ4v) is 0.529. The lowest BCUT2D eigenvalue weighted by Crippen LogP contribution is -2.11. The summed E-state index contributed by atoms with van der Waals surface area (Å²) in [5.41, 5.74) is 0. The minimum Gasteiger partial charge on any atom is -0.390 e. The van der Waals surface area contributed by atoms with Crippen LogP contribution in [0.25, 0.3) is 0 Å². The second kappa shape index (κ2) is 4.66. The van der Waals surface area contributed by atoms with Crippen molar-refractivity contribution in [2.75, 3.05) is 0 Å². The molecule has 0 N–H and O–H groups in total. The summed E-state index contributed by atoms with van der Waals surface area (Å²) >= 11 is 0. The van der Waals surface area contributed by atoms with Crippen molar-refractivity contribution in [1.29, 1.82) is 0 Å². The van der Waals surface area contributed by atoms with Gasteiger partial charge in [-0.05, 0) is 5.92 Å². The molecule has 0 aromatic heterocycles. The number of hydrogen-bond donors (Lipinski definition) is 0. The highest BCUT2D eigenvalue weighted by Gasteiger charge is 2.08. The van der Waals surface area contributed by atoms with E-state index in [1.807, 2.05) is 13.8 Å². The zero-order valence-electron chi connectivity index (χ0n) is 6.79. The molecular formula is C8H12O3. The topological polar surface area (TPSA) is 43.4 Å². The monoisotopic (exact) mass is 156 g/mol. The highest BCUT2D eigenvalue weighted by molar-refractivity contribution is 5.91. The lowest BCUT2D eigenvalue weighted by Gasteiger charge is -2.01. The van der Waals surface area contributed by atoms with Crippen molar-refractivity contribution in [3.63, 3.8) is 0 Å². The Hall–Kier alpha value is -1.12. The summed E-state index contributed by atoms with van der Waals surface area (Å²) in [6, 6.07) is 0. The van der Waals surface area contributed by atoms with E-state index in [2.05, 4.69) is 11.3 Å². The molecule has 0 rings (SSSR count). The molecule has 0 aliphatic rings. The van der Waals surface area contributed by atoms with Crippen LogP contribution in [0.15, 0.2) is 12.7 Å². The summed E-state index contributed by atoms with van der Waals surface area (Å²) in [5, 5.41) is 0. The van der Waals surface area contributed by atoms with E-state index in [1.165, 1.54) is 0 Å². The molecule has 0 unspecified atom stereocenters. The van der Waals surface area contributed by atoms with Crippen LogP contribution >= 0.6 is 0 Å². The number of esters is 2. The predicted octanol–water partition coefficient (Wildman–Crippen LogP) is 1.29. The Morgan fingerprint density at radius 3 is 2.45 bits per heavy atom. The van der Waals surface area contributed by atoms with E-state index in [9.17, 15) is 9.59 Å². The Labute approximate surface area is 66.0 Å². The van der Waals surface area contributed by atoms with Gasteiger partial charge in [-0.15, -0.1) is 0 Å². The number of ether oxygens (including phenoxy) is 1. The van der Waals surface area contributed by atoms with Crippen LogP contribution in [0.1, 0.15) is 20.3 Å². The van der Waals surface area contributed by atoms with Gasteiger partial charge in [0.1, 0.15) is 0 Å². The molecule has 0 fully saturated rings. The average molecular weight is 156 g/mol. The van der Waals surface area contributed by atoms with E-state index in [0.717, 1.165) is 6.08 Å². The molecule has 0 aliphatic carbocycles. The van der Waals surface area contributed by atoms with Gasteiger partial charge < -0.3 is 4.74 Å². The molecule has 3 heteroatoms. The summed E-state index contributed by atoms with van der Waals surface area (Å²) < 4.78 is 4.31. The molecule has 0 spiro atoms.